The Kier molecular flexibility index (Phi) is 5.50. The minimum Gasteiger partial charge on any atom is -0.477 e. The lowest BCUT2D eigenvalue weighted by atomic mass is 10.3. The molecule has 7 heteroatoms. The van der Waals surface area contributed by atoms with Gasteiger partial charge >= 0.3 is 5.97 Å². The van der Waals surface area contributed by atoms with Crippen molar-refractivity contribution in [1.82, 2.24) is 9.97 Å². The van der Waals surface area contributed by atoms with Crippen LogP contribution in [-0.2, 0) is 4.74 Å². The highest BCUT2D eigenvalue weighted by molar-refractivity contribution is 7.98. The minimum atomic E-state index is -0.575. The highest BCUT2D eigenvalue weighted by Crippen LogP contribution is 2.26. The first kappa shape index (κ1) is 14.1. The average molecular weight is 277 g/mol. The summed E-state index contributed by atoms with van der Waals surface area (Å²) >= 11 is 7.25. The van der Waals surface area contributed by atoms with E-state index in [1.807, 2.05) is 6.26 Å². The van der Waals surface area contributed by atoms with Crippen LogP contribution in [0.15, 0.2) is 5.16 Å². The molecule has 0 radical (unpaired) electrons. The molecule has 0 atom stereocenters. The number of halogens is 1. The zero-order valence-corrected chi connectivity index (χ0v) is 11.4. The molecule has 0 saturated heterocycles. The molecule has 5 nitrogen and oxygen atoms in total. The van der Waals surface area contributed by atoms with E-state index in [0.29, 0.717) is 11.8 Å². The number of hydrogen-bond acceptors (Lipinski definition) is 6. The number of carbonyl (C=O) groups is 1. The molecular weight excluding hydrogens is 264 g/mol. The van der Waals surface area contributed by atoms with Crippen LogP contribution < -0.4 is 4.74 Å². The normalized spacial score (nSPS) is 10.1. The van der Waals surface area contributed by atoms with Crippen LogP contribution >= 0.6 is 23.4 Å². The number of aromatic nitrogens is 2. The molecule has 1 heterocycles. The molecule has 0 unspecified atom stereocenters. The van der Waals surface area contributed by atoms with Gasteiger partial charge in [0.1, 0.15) is 0 Å². The first-order valence-corrected chi connectivity index (χ1v) is 6.65. The predicted molar refractivity (Wildman–Crippen MR) is 65.9 cm³/mol. The van der Waals surface area contributed by atoms with Crippen molar-refractivity contribution >= 4 is 29.3 Å². The fraction of sp³-hybridized carbons (Fsp3) is 0.500. The number of thioether (sulfide) groups is 1. The average Bonchev–Trinajstić information content (AvgIpc) is 2.29. The zero-order valence-electron chi connectivity index (χ0n) is 9.82. The summed E-state index contributed by atoms with van der Waals surface area (Å²) in [6.45, 7) is 4.14. The lowest BCUT2D eigenvalue weighted by molar-refractivity contribution is 0.0520. The van der Waals surface area contributed by atoms with Crippen LogP contribution in [0.25, 0.3) is 0 Å². The molecule has 17 heavy (non-hydrogen) atoms. The van der Waals surface area contributed by atoms with Gasteiger partial charge in [0.05, 0.1) is 13.2 Å². The van der Waals surface area contributed by atoms with Gasteiger partial charge in [0.25, 0.3) is 0 Å². The zero-order chi connectivity index (χ0) is 12.8. The van der Waals surface area contributed by atoms with Gasteiger partial charge in [-0.3, -0.25) is 0 Å². The number of esters is 1. The summed E-state index contributed by atoms with van der Waals surface area (Å²) in [7, 11) is 0. The summed E-state index contributed by atoms with van der Waals surface area (Å²) < 4.78 is 10.2. The third kappa shape index (κ3) is 3.47. The topological polar surface area (TPSA) is 61.3 Å². The number of nitrogens with zero attached hydrogens (tertiary/aromatic N) is 2. The standard InChI is InChI=1S/C10H13ClN2O3S/c1-4-15-8-6(9(14)16-5-2)7(11)12-10(13-8)17-3/h4-5H2,1-3H3. The maximum absolute atomic E-state index is 11.7. The molecular formula is C10H13ClN2O3S. The largest absolute Gasteiger partial charge is 0.477 e. The Labute approximate surface area is 109 Å². The molecule has 94 valence electrons. The van der Waals surface area contributed by atoms with E-state index in [1.54, 1.807) is 13.8 Å². The lowest BCUT2D eigenvalue weighted by Gasteiger charge is -2.10. The van der Waals surface area contributed by atoms with Crippen molar-refractivity contribution in [1.29, 1.82) is 0 Å². The molecule has 1 rings (SSSR count). The second-order valence-electron chi connectivity index (χ2n) is 2.83. The van der Waals surface area contributed by atoms with Gasteiger partial charge in [-0.1, -0.05) is 23.4 Å². The molecule has 1 aromatic heterocycles. The molecule has 0 saturated carbocycles. The number of rotatable bonds is 5. The summed E-state index contributed by atoms with van der Waals surface area (Å²) in [6.07, 6.45) is 1.81. The Hall–Kier alpha value is -1.01. The Balaban J connectivity index is 3.20. The Bertz CT molecular complexity index is 415. The molecule has 0 aliphatic rings. The van der Waals surface area contributed by atoms with Gasteiger partial charge in [-0.2, -0.15) is 4.98 Å². The number of hydrogen-bond donors (Lipinski definition) is 0. The number of carbonyl (C=O) groups excluding carboxylic acids is 1. The minimum absolute atomic E-state index is 0.0475. The van der Waals surface area contributed by atoms with Gasteiger partial charge in [-0.05, 0) is 20.1 Å². The summed E-state index contributed by atoms with van der Waals surface area (Å²) in [5.74, 6) is -0.413. The fourth-order valence-electron chi connectivity index (χ4n) is 1.10. The Morgan fingerprint density at radius 2 is 2.06 bits per heavy atom. The third-order valence-corrected chi connectivity index (χ3v) is 2.58. The van der Waals surface area contributed by atoms with E-state index in [4.69, 9.17) is 21.1 Å². The maximum atomic E-state index is 11.7. The van der Waals surface area contributed by atoms with Crippen LogP contribution in [0.4, 0.5) is 0 Å². The van der Waals surface area contributed by atoms with Crippen LogP contribution in [0.3, 0.4) is 0 Å². The molecule has 0 aliphatic heterocycles. The second-order valence-corrected chi connectivity index (χ2v) is 3.97. The summed E-state index contributed by atoms with van der Waals surface area (Å²) in [5.41, 5.74) is 0.0770. The Morgan fingerprint density at radius 3 is 2.59 bits per heavy atom. The highest BCUT2D eigenvalue weighted by atomic mass is 35.5. The first-order valence-electron chi connectivity index (χ1n) is 5.05. The molecule has 0 aliphatic carbocycles. The van der Waals surface area contributed by atoms with Crippen molar-refractivity contribution in [2.75, 3.05) is 19.5 Å². The summed E-state index contributed by atoms with van der Waals surface area (Å²) in [6, 6.07) is 0. The van der Waals surface area contributed by atoms with E-state index in [9.17, 15) is 4.79 Å². The first-order chi connectivity index (χ1) is 8.13. The van der Waals surface area contributed by atoms with E-state index >= 15 is 0 Å². The van der Waals surface area contributed by atoms with Crippen LogP contribution in [0.5, 0.6) is 5.88 Å². The van der Waals surface area contributed by atoms with Gasteiger partial charge in [0.2, 0.25) is 5.88 Å². The quantitative estimate of drug-likeness (QED) is 0.356. The number of ether oxygens (including phenoxy) is 2. The van der Waals surface area contributed by atoms with E-state index in [0.717, 1.165) is 0 Å². The molecule has 0 bridgehead atoms. The van der Waals surface area contributed by atoms with Crippen LogP contribution in [-0.4, -0.2) is 35.4 Å². The van der Waals surface area contributed by atoms with E-state index in [-0.39, 0.29) is 23.2 Å². The molecule has 0 aromatic carbocycles. The molecule has 0 N–H and O–H groups in total. The van der Waals surface area contributed by atoms with E-state index < -0.39 is 5.97 Å². The van der Waals surface area contributed by atoms with Crippen molar-refractivity contribution in [3.8, 4) is 5.88 Å². The molecule has 0 fully saturated rings. The van der Waals surface area contributed by atoms with Crippen molar-refractivity contribution < 1.29 is 14.3 Å². The SMILES string of the molecule is CCOC(=O)c1c(Cl)nc(SC)nc1OCC. The van der Waals surface area contributed by atoms with Crippen molar-refractivity contribution in [2.45, 2.75) is 19.0 Å². The van der Waals surface area contributed by atoms with Gasteiger partial charge in [-0.15, -0.1) is 0 Å². The summed E-state index contributed by atoms with van der Waals surface area (Å²) in [4.78, 5) is 19.8. The monoisotopic (exact) mass is 276 g/mol. The van der Waals surface area contributed by atoms with Gasteiger partial charge < -0.3 is 9.47 Å². The fourth-order valence-corrected chi connectivity index (χ4v) is 1.75. The molecule has 1 aromatic rings. The molecule has 0 amide bonds. The van der Waals surface area contributed by atoms with Gasteiger partial charge in [-0.25, -0.2) is 9.78 Å². The van der Waals surface area contributed by atoms with Crippen molar-refractivity contribution in [3.05, 3.63) is 10.7 Å². The predicted octanol–water partition coefficient (Wildman–Crippen LogP) is 2.43. The van der Waals surface area contributed by atoms with Gasteiger partial charge in [0.15, 0.2) is 15.9 Å². The van der Waals surface area contributed by atoms with Gasteiger partial charge in [0, 0.05) is 0 Å². The molecule has 0 spiro atoms. The highest BCUT2D eigenvalue weighted by Gasteiger charge is 2.22. The summed E-state index contributed by atoms with van der Waals surface area (Å²) in [5, 5.41) is 0.498. The van der Waals surface area contributed by atoms with Crippen molar-refractivity contribution in [2.24, 2.45) is 0 Å². The van der Waals surface area contributed by atoms with Crippen LogP contribution in [0.1, 0.15) is 24.2 Å². The van der Waals surface area contributed by atoms with Crippen molar-refractivity contribution in [3.63, 3.8) is 0 Å². The second kappa shape index (κ2) is 6.66. The maximum Gasteiger partial charge on any atom is 0.346 e. The van der Waals surface area contributed by atoms with E-state index in [1.165, 1.54) is 11.8 Å². The van der Waals surface area contributed by atoms with E-state index in [2.05, 4.69) is 9.97 Å². The third-order valence-electron chi connectivity index (χ3n) is 1.75. The van der Waals surface area contributed by atoms with Crippen LogP contribution in [0, 0.1) is 0 Å². The lowest BCUT2D eigenvalue weighted by Crippen LogP contribution is -2.11. The smallest absolute Gasteiger partial charge is 0.346 e. The Morgan fingerprint density at radius 1 is 1.35 bits per heavy atom. The van der Waals surface area contributed by atoms with Crippen LogP contribution in [0.2, 0.25) is 5.15 Å².